The maximum Gasteiger partial charge on any atom is 0.272 e. The number of nitrogens with zero attached hydrogens (tertiary/aromatic N) is 1. The highest BCUT2D eigenvalue weighted by atomic mass is 32.1. The van der Waals surface area contributed by atoms with Gasteiger partial charge in [0.25, 0.3) is 11.8 Å². The van der Waals surface area contributed by atoms with Crippen molar-refractivity contribution >= 4 is 59.9 Å². The van der Waals surface area contributed by atoms with Crippen LogP contribution >= 0.6 is 25.5 Å². The van der Waals surface area contributed by atoms with Crippen LogP contribution in [0.2, 0.25) is 0 Å². The second kappa shape index (κ2) is 17.6. The van der Waals surface area contributed by atoms with Crippen LogP contribution in [0.4, 0.5) is 0 Å². The SMILES string of the molecule is C=C(CS)NCC(=O)NCC(=O)NCC(=O)N(OCCNCCOS)C(=O)[C@@H](C)c1ccc2cc(C)ccc2c1. The summed E-state index contributed by atoms with van der Waals surface area (Å²) >= 11 is 7.70. The normalized spacial score (nSPS) is 11.5. The van der Waals surface area contributed by atoms with Gasteiger partial charge in [0.2, 0.25) is 11.8 Å². The third-order valence-corrected chi connectivity index (χ3v) is 6.32. The van der Waals surface area contributed by atoms with Crippen molar-refractivity contribution < 1.29 is 28.2 Å². The maximum absolute atomic E-state index is 13.4. The van der Waals surface area contributed by atoms with Crippen LogP contribution in [0.25, 0.3) is 10.8 Å². The maximum atomic E-state index is 13.4. The molecule has 0 aromatic heterocycles. The van der Waals surface area contributed by atoms with Crippen molar-refractivity contribution in [3.63, 3.8) is 0 Å². The van der Waals surface area contributed by atoms with Gasteiger partial charge in [-0.2, -0.15) is 17.7 Å². The third kappa shape index (κ3) is 11.2. The highest BCUT2D eigenvalue weighted by Crippen LogP contribution is 2.24. The Kier molecular flexibility index (Phi) is 14.5. The molecule has 0 saturated heterocycles. The first-order chi connectivity index (χ1) is 19.2. The van der Waals surface area contributed by atoms with Gasteiger partial charge in [-0.1, -0.05) is 48.5 Å². The lowest BCUT2D eigenvalue weighted by atomic mass is 9.96. The van der Waals surface area contributed by atoms with E-state index in [1.54, 1.807) is 6.92 Å². The van der Waals surface area contributed by atoms with Gasteiger partial charge in [-0.25, -0.2) is 0 Å². The molecule has 0 radical (unpaired) electrons. The quantitative estimate of drug-likeness (QED) is 0.0700. The molecule has 0 spiro atoms. The highest BCUT2D eigenvalue weighted by Gasteiger charge is 2.29. The molecule has 40 heavy (non-hydrogen) atoms. The van der Waals surface area contributed by atoms with E-state index < -0.39 is 36.1 Å². The van der Waals surface area contributed by atoms with Gasteiger partial charge in [-0.15, -0.1) is 0 Å². The van der Waals surface area contributed by atoms with Crippen LogP contribution in [0.3, 0.4) is 0 Å². The van der Waals surface area contributed by atoms with E-state index >= 15 is 0 Å². The van der Waals surface area contributed by atoms with Crippen molar-refractivity contribution in [2.75, 3.05) is 51.7 Å². The lowest BCUT2D eigenvalue weighted by Crippen LogP contribution is -2.47. The van der Waals surface area contributed by atoms with Crippen LogP contribution in [0.1, 0.15) is 24.0 Å². The molecule has 0 aliphatic rings. The summed E-state index contributed by atoms with van der Waals surface area (Å²) in [6.07, 6.45) is 0. The molecule has 0 heterocycles. The Morgan fingerprint density at radius 2 is 1.55 bits per heavy atom. The van der Waals surface area contributed by atoms with E-state index in [1.807, 2.05) is 37.3 Å². The number of imide groups is 1. The first-order valence-corrected chi connectivity index (χ1v) is 13.7. The molecule has 0 unspecified atom stereocenters. The number of rotatable bonds is 17. The minimum Gasteiger partial charge on any atom is -0.379 e. The average Bonchev–Trinajstić information content (AvgIpc) is 2.96. The fourth-order valence-corrected chi connectivity index (χ4v) is 3.70. The topological polar surface area (TPSA) is 138 Å². The molecular formula is C27H37N5O6S2. The van der Waals surface area contributed by atoms with E-state index in [2.05, 4.69) is 63.6 Å². The smallest absolute Gasteiger partial charge is 0.272 e. The Bertz CT molecular complexity index is 1200. The van der Waals surface area contributed by atoms with Gasteiger partial charge in [0.05, 0.1) is 38.8 Å². The molecular weight excluding hydrogens is 554 g/mol. The number of thiol groups is 2. The third-order valence-electron chi connectivity index (χ3n) is 5.76. The molecule has 0 fully saturated rings. The Morgan fingerprint density at radius 1 is 0.925 bits per heavy atom. The summed E-state index contributed by atoms with van der Waals surface area (Å²) < 4.78 is 4.68. The monoisotopic (exact) mass is 591 g/mol. The van der Waals surface area contributed by atoms with Crippen molar-refractivity contribution in [3.8, 4) is 0 Å². The number of nitrogens with one attached hydrogen (secondary N) is 4. The van der Waals surface area contributed by atoms with Crippen molar-refractivity contribution in [2.45, 2.75) is 19.8 Å². The Hall–Kier alpha value is -3.10. The van der Waals surface area contributed by atoms with Crippen LogP contribution < -0.4 is 21.3 Å². The minimum absolute atomic E-state index is 0.0162. The number of aryl methyl sites for hydroxylation is 1. The number of benzene rings is 2. The summed E-state index contributed by atoms with van der Waals surface area (Å²) in [4.78, 5) is 56.0. The first kappa shape index (κ1) is 33.1. The fourth-order valence-electron chi connectivity index (χ4n) is 3.49. The number of hydroxylamine groups is 2. The highest BCUT2D eigenvalue weighted by molar-refractivity contribution is 7.80. The zero-order valence-electron chi connectivity index (χ0n) is 22.7. The Morgan fingerprint density at radius 3 is 2.25 bits per heavy atom. The number of hydrogen-bond donors (Lipinski definition) is 6. The standard InChI is InChI=1S/C27H37N5O6S2/c1-18-4-5-23-13-21(6-7-22(23)12-18)20(3)27(36)32(37-10-8-28-9-11-38-40)26(35)16-31-25(34)15-30-24(33)14-29-19(2)17-39/h4-7,12-13,20,28-29,39-40H,2,8-11,14-17H2,1,3H3,(H,30,33)(H,31,34)/t20-/m0/s1. The van der Waals surface area contributed by atoms with E-state index in [9.17, 15) is 19.2 Å². The second-order valence-electron chi connectivity index (χ2n) is 8.94. The van der Waals surface area contributed by atoms with E-state index in [-0.39, 0.29) is 19.7 Å². The summed E-state index contributed by atoms with van der Waals surface area (Å²) in [7, 11) is 0. The van der Waals surface area contributed by atoms with E-state index in [1.165, 1.54) is 0 Å². The average molecular weight is 592 g/mol. The van der Waals surface area contributed by atoms with Gasteiger partial charge < -0.3 is 25.5 Å². The van der Waals surface area contributed by atoms with Crippen molar-refractivity contribution in [2.24, 2.45) is 0 Å². The van der Waals surface area contributed by atoms with E-state index in [0.29, 0.717) is 41.8 Å². The molecule has 2 aromatic rings. The van der Waals surface area contributed by atoms with Crippen molar-refractivity contribution in [1.29, 1.82) is 0 Å². The van der Waals surface area contributed by atoms with Crippen LogP contribution in [0.5, 0.6) is 0 Å². The van der Waals surface area contributed by atoms with Gasteiger partial charge in [0.1, 0.15) is 0 Å². The molecule has 0 aliphatic heterocycles. The van der Waals surface area contributed by atoms with Crippen LogP contribution in [-0.2, 0) is 28.2 Å². The van der Waals surface area contributed by atoms with Gasteiger partial charge in [0, 0.05) is 24.5 Å². The molecule has 0 saturated carbocycles. The molecule has 1 atom stereocenters. The number of carbonyl (C=O) groups excluding carboxylic acids is 4. The van der Waals surface area contributed by atoms with Crippen molar-refractivity contribution in [3.05, 3.63) is 59.8 Å². The summed E-state index contributed by atoms with van der Waals surface area (Å²) in [5, 5.41) is 13.3. The van der Waals surface area contributed by atoms with Crippen molar-refractivity contribution in [1.82, 2.24) is 26.3 Å². The van der Waals surface area contributed by atoms with Gasteiger partial charge in [0.15, 0.2) is 0 Å². The van der Waals surface area contributed by atoms with Crippen LogP contribution in [0.15, 0.2) is 48.7 Å². The zero-order valence-corrected chi connectivity index (χ0v) is 24.5. The number of fused-ring (bicyclic) bond motifs is 1. The Labute approximate surface area is 245 Å². The van der Waals surface area contributed by atoms with E-state index in [0.717, 1.165) is 16.3 Å². The van der Waals surface area contributed by atoms with Gasteiger partial charge in [-0.3, -0.25) is 24.0 Å². The minimum atomic E-state index is -0.752. The summed E-state index contributed by atoms with van der Waals surface area (Å²) in [5.41, 5.74) is 2.41. The molecule has 0 aliphatic carbocycles. The predicted molar refractivity (Wildman–Crippen MR) is 160 cm³/mol. The molecule has 218 valence electrons. The summed E-state index contributed by atoms with van der Waals surface area (Å²) in [5.74, 6) is -2.69. The van der Waals surface area contributed by atoms with Gasteiger partial charge >= 0.3 is 0 Å². The van der Waals surface area contributed by atoms with Gasteiger partial charge in [-0.05, 0) is 43.1 Å². The molecule has 2 aromatic carbocycles. The summed E-state index contributed by atoms with van der Waals surface area (Å²) in [6, 6.07) is 11.7. The number of carbonyl (C=O) groups is 4. The van der Waals surface area contributed by atoms with E-state index in [4.69, 9.17) is 4.84 Å². The molecule has 0 bridgehead atoms. The first-order valence-electron chi connectivity index (χ1n) is 12.7. The molecule has 11 nitrogen and oxygen atoms in total. The largest absolute Gasteiger partial charge is 0.379 e. The molecule has 2 rings (SSSR count). The lowest BCUT2D eigenvalue weighted by molar-refractivity contribution is -0.195. The molecule has 4 N–H and O–H groups in total. The molecule has 4 amide bonds. The predicted octanol–water partition coefficient (Wildman–Crippen LogP) is 1.26. The second-order valence-corrected chi connectivity index (χ2v) is 9.52. The van der Waals surface area contributed by atoms with Crippen LogP contribution in [0, 0.1) is 6.92 Å². The zero-order chi connectivity index (χ0) is 29.5. The Balaban J connectivity index is 2.01. The number of amides is 4. The molecule has 13 heteroatoms. The lowest BCUT2D eigenvalue weighted by Gasteiger charge is -2.24. The summed E-state index contributed by atoms with van der Waals surface area (Å²) in [6.45, 7) is 7.67. The fraction of sp³-hybridized carbons (Fsp3) is 0.407. The number of hydrogen-bond acceptors (Lipinski definition) is 10. The van der Waals surface area contributed by atoms with Crippen LogP contribution in [-0.4, -0.2) is 80.4 Å².